The summed E-state index contributed by atoms with van der Waals surface area (Å²) < 4.78 is 36.0. The molecule has 1 aliphatic rings. The van der Waals surface area contributed by atoms with Gasteiger partial charge >= 0.3 is 6.18 Å². The van der Waals surface area contributed by atoms with Gasteiger partial charge in [0, 0.05) is 32.4 Å². The van der Waals surface area contributed by atoms with Crippen LogP contribution in [0.2, 0.25) is 0 Å². The van der Waals surface area contributed by atoms with Crippen LogP contribution in [0.3, 0.4) is 0 Å². The number of hydrogen-bond donors (Lipinski definition) is 1. The van der Waals surface area contributed by atoms with Crippen molar-refractivity contribution in [1.29, 1.82) is 0 Å². The third-order valence-electron chi connectivity index (χ3n) is 3.20. The molecule has 0 aromatic carbocycles. The van der Waals surface area contributed by atoms with Crippen molar-refractivity contribution in [2.45, 2.75) is 6.18 Å². The highest BCUT2D eigenvalue weighted by Crippen LogP contribution is 2.13. The molecule has 1 fully saturated rings. The smallest absolute Gasteiger partial charge is 0.354 e. The SMILES string of the molecule is O=C(CN1CCN(c2ccccn2)CC1)NCC(F)(F)F. The lowest BCUT2D eigenvalue weighted by molar-refractivity contribution is -0.139. The number of hydrogen-bond acceptors (Lipinski definition) is 4. The van der Waals surface area contributed by atoms with E-state index in [0.717, 1.165) is 5.82 Å². The Morgan fingerprint density at radius 2 is 1.95 bits per heavy atom. The van der Waals surface area contributed by atoms with Crippen molar-refractivity contribution in [1.82, 2.24) is 15.2 Å². The molecular formula is C13H17F3N4O. The third kappa shape index (κ3) is 5.22. The van der Waals surface area contributed by atoms with Crippen LogP contribution in [-0.2, 0) is 4.79 Å². The zero-order valence-corrected chi connectivity index (χ0v) is 11.4. The Bertz CT molecular complexity index is 458. The Balaban J connectivity index is 1.73. The highest BCUT2D eigenvalue weighted by Gasteiger charge is 2.28. The third-order valence-corrected chi connectivity index (χ3v) is 3.20. The second-order valence-corrected chi connectivity index (χ2v) is 4.84. The number of piperazine rings is 1. The van der Waals surface area contributed by atoms with E-state index in [4.69, 9.17) is 0 Å². The van der Waals surface area contributed by atoms with Crippen molar-refractivity contribution in [3.8, 4) is 0 Å². The van der Waals surface area contributed by atoms with Gasteiger partial charge in [0.2, 0.25) is 5.91 Å². The number of nitrogens with zero attached hydrogens (tertiary/aromatic N) is 3. The van der Waals surface area contributed by atoms with Crippen molar-refractivity contribution in [2.24, 2.45) is 0 Å². The molecule has 0 spiro atoms. The summed E-state index contributed by atoms with van der Waals surface area (Å²) in [6, 6.07) is 5.65. The van der Waals surface area contributed by atoms with Gasteiger partial charge in [-0.25, -0.2) is 4.98 Å². The molecule has 1 aliphatic heterocycles. The lowest BCUT2D eigenvalue weighted by Gasteiger charge is -2.34. The van der Waals surface area contributed by atoms with Crippen LogP contribution in [0, 0.1) is 0 Å². The fourth-order valence-electron chi connectivity index (χ4n) is 2.13. The van der Waals surface area contributed by atoms with Gasteiger partial charge in [-0.05, 0) is 12.1 Å². The average molecular weight is 302 g/mol. The maximum absolute atomic E-state index is 12.0. The van der Waals surface area contributed by atoms with E-state index < -0.39 is 18.6 Å². The number of nitrogens with one attached hydrogen (secondary N) is 1. The molecule has 1 N–H and O–H groups in total. The number of rotatable bonds is 4. The van der Waals surface area contributed by atoms with Gasteiger partial charge in [0.25, 0.3) is 0 Å². The molecule has 0 unspecified atom stereocenters. The van der Waals surface area contributed by atoms with Crippen LogP contribution in [-0.4, -0.2) is 61.2 Å². The maximum atomic E-state index is 12.0. The summed E-state index contributed by atoms with van der Waals surface area (Å²) in [6.45, 7) is 1.35. The Kier molecular flexibility index (Phi) is 5.00. The second kappa shape index (κ2) is 6.75. The Morgan fingerprint density at radius 3 is 2.52 bits per heavy atom. The van der Waals surface area contributed by atoms with Gasteiger partial charge in [-0.1, -0.05) is 6.07 Å². The predicted molar refractivity (Wildman–Crippen MR) is 72.0 cm³/mol. The Morgan fingerprint density at radius 1 is 1.24 bits per heavy atom. The van der Waals surface area contributed by atoms with E-state index in [1.54, 1.807) is 6.20 Å². The maximum Gasteiger partial charge on any atom is 0.405 e. The molecule has 0 saturated carbocycles. The van der Waals surface area contributed by atoms with E-state index in [2.05, 4.69) is 9.88 Å². The van der Waals surface area contributed by atoms with E-state index in [1.807, 2.05) is 28.4 Å². The number of pyridine rings is 1. The van der Waals surface area contributed by atoms with Crippen LogP contribution in [0.25, 0.3) is 0 Å². The number of carbonyl (C=O) groups is 1. The fraction of sp³-hybridized carbons (Fsp3) is 0.538. The number of alkyl halides is 3. The number of amides is 1. The molecule has 0 bridgehead atoms. The molecule has 5 nitrogen and oxygen atoms in total. The Hall–Kier alpha value is -1.83. The zero-order chi connectivity index (χ0) is 15.3. The first-order valence-electron chi connectivity index (χ1n) is 6.66. The van der Waals surface area contributed by atoms with Crippen molar-refractivity contribution in [2.75, 3.05) is 44.2 Å². The molecule has 21 heavy (non-hydrogen) atoms. The molecule has 116 valence electrons. The number of aromatic nitrogens is 1. The zero-order valence-electron chi connectivity index (χ0n) is 11.4. The highest BCUT2D eigenvalue weighted by atomic mass is 19.4. The number of halogens is 3. The molecule has 0 aliphatic carbocycles. The molecular weight excluding hydrogens is 285 g/mol. The topological polar surface area (TPSA) is 48.5 Å². The van der Waals surface area contributed by atoms with Crippen molar-refractivity contribution in [3.63, 3.8) is 0 Å². The second-order valence-electron chi connectivity index (χ2n) is 4.84. The first-order valence-corrected chi connectivity index (χ1v) is 6.66. The van der Waals surface area contributed by atoms with Crippen LogP contribution in [0.1, 0.15) is 0 Å². The van der Waals surface area contributed by atoms with E-state index in [9.17, 15) is 18.0 Å². The predicted octanol–water partition coefficient (Wildman–Crippen LogP) is 0.882. The van der Waals surface area contributed by atoms with Crippen LogP contribution < -0.4 is 10.2 Å². The van der Waals surface area contributed by atoms with Crippen LogP contribution in [0.4, 0.5) is 19.0 Å². The van der Waals surface area contributed by atoms with Gasteiger partial charge < -0.3 is 10.2 Å². The number of carbonyl (C=O) groups excluding carboxylic acids is 1. The largest absolute Gasteiger partial charge is 0.405 e. The van der Waals surface area contributed by atoms with Gasteiger partial charge in [-0.15, -0.1) is 0 Å². The summed E-state index contributed by atoms with van der Waals surface area (Å²) in [5.41, 5.74) is 0. The van der Waals surface area contributed by atoms with Crippen molar-refractivity contribution < 1.29 is 18.0 Å². The molecule has 1 aromatic rings. The molecule has 0 atom stereocenters. The van der Waals surface area contributed by atoms with Crippen LogP contribution in [0.15, 0.2) is 24.4 Å². The van der Waals surface area contributed by atoms with Gasteiger partial charge in [0.1, 0.15) is 12.4 Å². The molecule has 1 amide bonds. The molecule has 1 aromatic heterocycles. The van der Waals surface area contributed by atoms with E-state index in [1.165, 1.54) is 0 Å². The van der Waals surface area contributed by atoms with Gasteiger partial charge in [-0.2, -0.15) is 13.2 Å². The van der Waals surface area contributed by atoms with Crippen LogP contribution in [0.5, 0.6) is 0 Å². The molecule has 1 saturated heterocycles. The molecule has 8 heteroatoms. The van der Waals surface area contributed by atoms with Crippen molar-refractivity contribution >= 4 is 11.7 Å². The fourth-order valence-corrected chi connectivity index (χ4v) is 2.13. The minimum Gasteiger partial charge on any atom is -0.354 e. The van der Waals surface area contributed by atoms with Gasteiger partial charge in [-0.3, -0.25) is 9.69 Å². The normalized spacial score (nSPS) is 16.8. The minimum absolute atomic E-state index is 0.00780. The summed E-state index contributed by atoms with van der Waals surface area (Å²) in [5.74, 6) is 0.275. The summed E-state index contributed by atoms with van der Waals surface area (Å²) in [4.78, 5) is 19.6. The first-order chi connectivity index (χ1) is 9.94. The van der Waals surface area contributed by atoms with Crippen LogP contribution >= 0.6 is 0 Å². The summed E-state index contributed by atoms with van der Waals surface area (Å²) in [7, 11) is 0. The lowest BCUT2D eigenvalue weighted by atomic mass is 10.3. The number of anilines is 1. The lowest BCUT2D eigenvalue weighted by Crippen LogP contribution is -2.50. The standard InChI is InChI=1S/C13H17F3N4O/c14-13(15,16)10-18-12(21)9-19-5-7-20(8-6-19)11-3-1-2-4-17-11/h1-4H,5-10H2,(H,18,21). The molecule has 2 heterocycles. The van der Waals surface area contributed by atoms with E-state index in [0.29, 0.717) is 26.2 Å². The van der Waals surface area contributed by atoms with E-state index >= 15 is 0 Å². The van der Waals surface area contributed by atoms with Gasteiger partial charge in [0.15, 0.2) is 0 Å². The van der Waals surface area contributed by atoms with E-state index in [-0.39, 0.29) is 6.54 Å². The van der Waals surface area contributed by atoms with Gasteiger partial charge in [0.05, 0.1) is 6.54 Å². The molecule has 0 radical (unpaired) electrons. The summed E-state index contributed by atoms with van der Waals surface area (Å²) in [5, 5.41) is 1.88. The highest BCUT2D eigenvalue weighted by molar-refractivity contribution is 5.78. The molecule has 2 rings (SSSR count). The average Bonchev–Trinajstić information content (AvgIpc) is 2.46. The minimum atomic E-state index is -4.37. The quantitative estimate of drug-likeness (QED) is 0.897. The Labute approximate surface area is 120 Å². The summed E-state index contributed by atoms with van der Waals surface area (Å²) in [6.07, 6.45) is -2.65. The summed E-state index contributed by atoms with van der Waals surface area (Å²) >= 11 is 0. The monoisotopic (exact) mass is 302 g/mol. The van der Waals surface area contributed by atoms with Crippen molar-refractivity contribution in [3.05, 3.63) is 24.4 Å². The first kappa shape index (κ1) is 15.6.